The van der Waals surface area contributed by atoms with Crippen LogP contribution in [0.1, 0.15) is 11.1 Å². The van der Waals surface area contributed by atoms with Gasteiger partial charge in [-0.25, -0.2) is 4.79 Å². The van der Waals surface area contributed by atoms with Gasteiger partial charge in [0.2, 0.25) is 0 Å². The molecule has 0 radical (unpaired) electrons. The fourth-order valence-corrected chi connectivity index (χ4v) is 1.90. The molecular weight excluding hydrogens is 314 g/mol. The maximum Gasteiger partial charge on any atom is 0.336 e. The van der Waals surface area contributed by atoms with Gasteiger partial charge in [0, 0.05) is 6.08 Å². The van der Waals surface area contributed by atoms with E-state index in [-0.39, 0.29) is 12.4 Å². The van der Waals surface area contributed by atoms with Gasteiger partial charge in [-0.05, 0) is 47.9 Å². The van der Waals surface area contributed by atoms with E-state index in [2.05, 4.69) is 4.84 Å². The third-order valence-corrected chi connectivity index (χ3v) is 3.01. The molecule has 7 heteroatoms. The molecule has 7 nitrogen and oxygen atoms in total. The van der Waals surface area contributed by atoms with E-state index in [1.807, 2.05) is 0 Å². The lowest BCUT2D eigenvalue weighted by Crippen LogP contribution is -2.06. The Bertz CT molecular complexity index is 739. The summed E-state index contributed by atoms with van der Waals surface area (Å²) in [5.74, 6) is -0.0664. The maximum absolute atomic E-state index is 11.8. The van der Waals surface area contributed by atoms with Crippen LogP contribution in [0.5, 0.6) is 11.5 Å². The highest BCUT2D eigenvalue weighted by molar-refractivity contribution is 5.88. The molecule has 0 saturated carbocycles. The summed E-state index contributed by atoms with van der Waals surface area (Å²) < 4.78 is 5.18. The molecule has 0 heterocycles. The molecular formula is C17H15NO6. The first-order valence-corrected chi connectivity index (χ1v) is 7.08. The molecule has 0 aliphatic heterocycles. The van der Waals surface area contributed by atoms with Crippen LogP contribution in [0.4, 0.5) is 0 Å². The molecule has 0 fully saturated rings. The van der Waals surface area contributed by atoms with Gasteiger partial charge >= 0.3 is 5.97 Å². The van der Waals surface area contributed by atoms with Gasteiger partial charge in [-0.1, -0.05) is 24.3 Å². The smallest absolute Gasteiger partial charge is 0.336 e. The summed E-state index contributed by atoms with van der Waals surface area (Å²) >= 11 is 0. The van der Waals surface area contributed by atoms with Gasteiger partial charge in [0.1, 0.15) is 18.1 Å². The Morgan fingerprint density at radius 1 is 1.21 bits per heavy atom. The molecule has 0 bridgehead atoms. The Labute approximate surface area is 137 Å². The summed E-state index contributed by atoms with van der Waals surface area (Å²) in [7, 11) is 0. The normalized spacial score (nSPS) is 10.5. The number of rotatable bonds is 7. The van der Waals surface area contributed by atoms with E-state index in [0.29, 0.717) is 12.2 Å². The summed E-state index contributed by atoms with van der Waals surface area (Å²) in [6.07, 6.45) is 3.17. The minimum absolute atomic E-state index is 0.0643. The molecule has 24 heavy (non-hydrogen) atoms. The number of phenols is 1. The molecule has 0 atom stereocenters. The number of hydrogen-bond donors (Lipinski definition) is 1. The van der Waals surface area contributed by atoms with E-state index in [9.17, 15) is 20.0 Å². The largest absolute Gasteiger partial charge is 0.508 e. The van der Waals surface area contributed by atoms with E-state index in [1.165, 1.54) is 18.2 Å². The first-order chi connectivity index (χ1) is 11.5. The van der Waals surface area contributed by atoms with Gasteiger partial charge in [-0.15, -0.1) is 10.1 Å². The van der Waals surface area contributed by atoms with E-state index in [4.69, 9.17) is 4.74 Å². The number of esters is 1. The molecule has 0 aliphatic rings. The number of aromatic hydroxyl groups is 1. The second-order valence-corrected chi connectivity index (χ2v) is 4.80. The molecule has 2 aromatic rings. The Kier molecular flexibility index (Phi) is 5.90. The number of carbonyl (C=O) groups is 1. The molecule has 0 saturated heterocycles. The minimum atomic E-state index is -0.849. The van der Waals surface area contributed by atoms with E-state index >= 15 is 0 Å². The number of phenolic OH excluding ortho intramolecular Hbond substituents is 1. The van der Waals surface area contributed by atoms with E-state index in [0.717, 1.165) is 11.1 Å². The topological polar surface area (TPSA) is 98.9 Å². The van der Waals surface area contributed by atoms with E-state index in [1.54, 1.807) is 42.5 Å². The summed E-state index contributed by atoms with van der Waals surface area (Å²) in [5.41, 5.74) is 1.50. The first-order valence-electron chi connectivity index (χ1n) is 7.08. The lowest BCUT2D eigenvalue weighted by atomic mass is 10.1. The van der Waals surface area contributed by atoms with Crippen LogP contribution >= 0.6 is 0 Å². The van der Waals surface area contributed by atoms with Gasteiger partial charge in [0.15, 0.2) is 0 Å². The fraction of sp³-hybridized carbons (Fsp3) is 0.118. The fourth-order valence-electron chi connectivity index (χ4n) is 1.90. The highest BCUT2D eigenvalue weighted by Gasteiger charge is 2.03. The van der Waals surface area contributed by atoms with Crippen molar-refractivity contribution in [1.82, 2.24) is 0 Å². The molecule has 1 N–H and O–H groups in total. The zero-order valence-corrected chi connectivity index (χ0v) is 12.6. The van der Waals surface area contributed by atoms with Gasteiger partial charge in [0.25, 0.3) is 5.09 Å². The van der Waals surface area contributed by atoms with Crippen LogP contribution in [-0.2, 0) is 16.1 Å². The SMILES string of the molecule is O=C(/C=C/c1ccc(O)cc1)Oc1cccc(CCO[N+](=O)[O-])c1. The highest BCUT2D eigenvalue weighted by atomic mass is 16.9. The second kappa shape index (κ2) is 8.33. The van der Waals surface area contributed by atoms with Gasteiger partial charge in [-0.3, -0.25) is 0 Å². The van der Waals surface area contributed by atoms with Gasteiger partial charge in [-0.2, -0.15) is 0 Å². The molecule has 0 spiro atoms. The zero-order chi connectivity index (χ0) is 17.4. The molecule has 0 aromatic heterocycles. The maximum atomic E-state index is 11.8. The van der Waals surface area contributed by atoms with Crippen LogP contribution < -0.4 is 4.74 Å². The van der Waals surface area contributed by atoms with Crippen LogP contribution in [0, 0.1) is 10.1 Å². The monoisotopic (exact) mass is 329 g/mol. The van der Waals surface area contributed by atoms with Crippen molar-refractivity contribution in [3.8, 4) is 11.5 Å². The highest BCUT2D eigenvalue weighted by Crippen LogP contribution is 2.15. The Hall–Kier alpha value is -3.35. The molecule has 124 valence electrons. The van der Waals surface area contributed by atoms with Crippen molar-refractivity contribution in [1.29, 1.82) is 0 Å². The van der Waals surface area contributed by atoms with Crippen LogP contribution in [0.15, 0.2) is 54.6 Å². The number of carbonyl (C=O) groups excluding carboxylic acids is 1. The minimum Gasteiger partial charge on any atom is -0.508 e. The van der Waals surface area contributed by atoms with Crippen molar-refractivity contribution in [2.45, 2.75) is 6.42 Å². The van der Waals surface area contributed by atoms with Crippen molar-refractivity contribution >= 4 is 12.0 Å². The molecule has 0 unspecified atom stereocenters. The molecule has 0 aliphatic carbocycles. The van der Waals surface area contributed by atoms with E-state index < -0.39 is 11.1 Å². The summed E-state index contributed by atoms with van der Waals surface area (Å²) in [6.45, 7) is -0.0643. The van der Waals surface area contributed by atoms with Crippen LogP contribution in [0.2, 0.25) is 0 Å². The lowest BCUT2D eigenvalue weighted by molar-refractivity contribution is -0.757. The summed E-state index contributed by atoms with van der Waals surface area (Å²) in [4.78, 5) is 26.1. The number of ether oxygens (including phenoxy) is 1. The number of nitrogens with zero attached hydrogens (tertiary/aromatic N) is 1. The summed E-state index contributed by atoms with van der Waals surface area (Å²) in [5, 5.41) is 18.4. The molecule has 2 rings (SSSR count). The second-order valence-electron chi connectivity index (χ2n) is 4.80. The number of benzene rings is 2. The quantitative estimate of drug-likeness (QED) is 0.276. The van der Waals surface area contributed by atoms with Crippen molar-refractivity contribution in [3.05, 3.63) is 75.8 Å². The Balaban J connectivity index is 1.91. The van der Waals surface area contributed by atoms with Crippen molar-refractivity contribution in [3.63, 3.8) is 0 Å². The molecule has 2 aromatic carbocycles. The predicted octanol–water partition coefficient (Wildman–Crippen LogP) is 2.76. The average molecular weight is 329 g/mol. The third-order valence-electron chi connectivity index (χ3n) is 3.01. The van der Waals surface area contributed by atoms with Crippen molar-refractivity contribution in [2.24, 2.45) is 0 Å². The summed E-state index contributed by atoms with van der Waals surface area (Å²) in [6, 6.07) is 13.0. The Morgan fingerprint density at radius 2 is 1.96 bits per heavy atom. The predicted molar refractivity (Wildman–Crippen MR) is 85.9 cm³/mol. The standard InChI is InChI=1S/C17H15NO6/c19-15-7-4-13(5-8-15)6-9-17(20)24-16-3-1-2-14(12-16)10-11-23-18(21)22/h1-9,12,19H,10-11H2/b9-6+. The average Bonchev–Trinajstić information content (AvgIpc) is 2.54. The number of hydrogen-bond acceptors (Lipinski definition) is 6. The lowest BCUT2D eigenvalue weighted by Gasteiger charge is -2.04. The molecule has 0 amide bonds. The van der Waals surface area contributed by atoms with Gasteiger partial charge < -0.3 is 14.7 Å². The Morgan fingerprint density at radius 3 is 2.67 bits per heavy atom. The van der Waals surface area contributed by atoms with Crippen molar-refractivity contribution in [2.75, 3.05) is 6.61 Å². The van der Waals surface area contributed by atoms with Crippen molar-refractivity contribution < 1.29 is 24.6 Å². The van der Waals surface area contributed by atoms with Crippen LogP contribution in [0.25, 0.3) is 6.08 Å². The van der Waals surface area contributed by atoms with Crippen LogP contribution in [0.3, 0.4) is 0 Å². The zero-order valence-electron chi connectivity index (χ0n) is 12.6. The first kappa shape index (κ1) is 17.0. The van der Waals surface area contributed by atoms with Gasteiger partial charge in [0.05, 0.1) is 0 Å². The van der Waals surface area contributed by atoms with Crippen LogP contribution in [-0.4, -0.2) is 22.8 Å². The third kappa shape index (κ3) is 5.80.